The van der Waals surface area contributed by atoms with Crippen LogP contribution in [0.5, 0.6) is 11.5 Å². The van der Waals surface area contributed by atoms with E-state index in [1.807, 2.05) is 24.4 Å². The Kier molecular flexibility index (Phi) is 6.15. The first-order valence-corrected chi connectivity index (χ1v) is 12.1. The van der Waals surface area contributed by atoms with Gasteiger partial charge < -0.3 is 19.4 Å². The van der Waals surface area contributed by atoms with Crippen LogP contribution in [0.1, 0.15) is 5.01 Å². The monoisotopic (exact) mass is 471 g/mol. The highest BCUT2D eigenvalue weighted by Gasteiger charge is 2.17. The van der Waals surface area contributed by atoms with Crippen molar-refractivity contribution in [2.75, 3.05) is 19.5 Å². The summed E-state index contributed by atoms with van der Waals surface area (Å²) in [5.41, 5.74) is 1.35. The third-order valence-electron chi connectivity index (χ3n) is 4.88. The van der Waals surface area contributed by atoms with Crippen molar-refractivity contribution in [2.24, 2.45) is 0 Å². The van der Waals surface area contributed by atoms with E-state index in [0.29, 0.717) is 22.2 Å². The summed E-state index contributed by atoms with van der Waals surface area (Å²) in [6, 6.07) is 11.7. The van der Waals surface area contributed by atoms with Crippen LogP contribution < -0.4 is 14.8 Å². The van der Waals surface area contributed by atoms with Crippen molar-refractivity contribution < 1.29 is 22.7 Å². The molecule has 0 atom stereocenters. The lowest BCUT2D eigenvalue weighted by atomic mass is 10.2. The summed E-state index contributed by atoms with van der Waals surface area (Å²) in [5.74, 6) is 0.809. The zero-order valence-corrected chi connectivity index (χ0v) is 19.1. The molecule has 8 nitrogen and oxygen atoms in total. The Morgan fingerprint density at radius 2 is 1.81 bits per heavy atom. The number of thiazole rings is 1. The van der Waals surface area contributed by atoms with Gasteiger partial charge in [0.2, 0.25) is 5.91 Å². The largest absolute Gasteiger partial charge is 0.493 e. The van der Waals surface area contributed by atoms with Gasteiger partial charge in [0.05, 0.1) is 24.6 Å². The van der Waals surface area contributed by atoms with Crippen molar-refractivity contribution in [2.45, 2.75) is 17.2 Å². The minimum Gasteiger partial charge on any atom is -0.493 e. The number of hydrogen-bond acceptors (Lipinski definition) is 7. The number of amides is 1. The number of benzene rings is 2. The molecule has 0 aliphatic rings. The van der Waals surface area contributed by atoms with E-state index in [2.05, 4.69) is 10.3 Å². The molecule has 0 saturated carbocycles. The fourth-order valence-electron chi connectivity index (χ4n) is 3.33. The number of methoxy groups -OCH3 is 2. The predicted molar refractivity (Wildman–Crippen MR) is 123 cm³/mol. The Hall–Kier alpha value is -3.37. The smallest absolute Gasteiger partial charge is 0.244 e. The first kappa shape index (κ1) is 21.8. The number of nitrogens with one attached hydrogen (secondary N) is 1. The number of rotatable bonds is 8. The molecule has 1 amide bonds. The maximum atomic E-state index is 12.6. The molecule has 0 fully saturated rings. The normalized spacial score (nSPS) is 11.4. The van der Waals surface area contributed by atoms with Gasteiger partial charge in [-0.05, 0) is 36.4 Å². The van der Waals surface area contributed by atoms with Gasteiger partial charge in [0, 0.05) is 34.9 Å². The number of sulfone groups is 1. The van der Waals surface area contributed by atoms with Gasteiger partial charge in [0.15, 0.2) is 21.3 Å². The van der Waals surface area contributed by atoms with Gasteiger partial charge in [-0.2, -0.15) is 0 Å². The molecule has 2 aromatic heterocycles. The van der Waals surface area contributed by atoms with Gasteiger partial charge in [-0.15, -0.1) is 11.3 Å². The van der Waals surface area contributed by atoms with E-state index in [-0.39, 0.29) is 23.1 Å². The SMILES string of the molecule is COc1cc2ccn(CC(=O)Nc3ccc(S(=O)(=O)Cc4nccs4)cc3)c2cc1OC. The second-order valence-electron chi connectivity index (χ2n) is 6.97. The number of carbonyl (C=O) groups is 1. The number of fused-ring (bicyclic) bond motifs is 1. The molecule has 0 radical (unpaired) electrons. The summed E-state index contributed by atoms with van der Waals surface area (Å²) >= 11 is 1.30. The Morgan fingerprint density at radius 3 is 2.47 bits per heavy atom. The van der Waals surface area contributed by atoms with Crippen molar-refractivity contribution in [3.05, 3.63) is 65.2 Å². The number of aromatic nitrogens is 2. The number of ether oxygens (including phenoxy) is 2. The number of anilines is 1. The van der Waals surface area contributed by atoms with E-state index < -0.39 is 9.84 Å². The second kappa shape index (κ2) is 9.01. The highest BCUT2D eigenvalue weighted by molar-refractivity contribution is 7.90. The third-order valence-corrected chi connectivity index (χ3v) is 7.49. The molecule has 0 aliphatic heterocycles. The number of carbonyl (C=O) groups excluding carboxylic acids is 1. The topological polar surface area (TPSA) is 99.5 Å². The fraction of sp³-hybridized carbons (Fsp3) is 0.182. The van der Waals surface area contributed by atoms with Crippen LogP contribution in [-0.4, -0.2) is 38.1 Å². The highest BCUT2D eigenvalue weighted by Crippen LogP contribution is 2.32. The third kappa shape index (κ3) is 4.61. The average molecular weight is 472 g/mol. The summed E-state index contributed by atoms with van der Waals surface area (Å²) < 4.78 is 37.5. The van der Waals surface area contributed by atoms with E-state index in [9.17, 15) is 13.2 Å². The molecule has 166 valence electrons. The predicted octanol–water partition coefficient (Wildman–Crippen LogP) is 3.73. The molecule has 4 rings (SSSR count). The van der Waals surface area contributed by atoms with E-state index >= 15 is 0 Å². The van der Waals surface area contributed by atoms with Gasteiger partial charge in [0.25, 0.3) is 0 Å². The molecule has 4 aromatic rings. The van der Waals surface area contributed by atoms with Crippen LogP contribution in [0.3, 0.4) is 0 Å². The first-order valence-electron chi connectivity index (χ1n) is 9.61. The zero-order valence-electron chi connectivity index (χ0n) is 17.4. The van der Waals surface area contributed by atoms with Crippen molar-refractivity contribution in [1.29, 1.82) is 0 Å². The van der Waals surface area contributed by atoms with Gasteiger partial charge in [0.1, 0.15) is 17.3 Å². The van der Waals surface area contributed by atoms with Crippen LogP contribution in [0.15, 0.2) is 65.1 Å². The standard InChI is InChI=1S/C22H21N3O5S2/c1-29-19-11-15-7-9-25(18(15)12-20(19)30-2)13-21(26)24-16-3-5-17(6-4-16)32(27,28)14-22-23-8-10-31-22/h3-12H,13-14H2,1-2H3,(H,24,26). The van der Waals surface area contributed by atoms with Crippen LogP contribution in [0.25, 0.3) is 10.9 Å². The van der Waals surface area contributed by atoms with Crippen molar-refractivity contribution in [3.8, 4) is 11.5 Å². The molecule has 1 N–H and O–H groups in total. The second-order valence-corrected chi connectivity index (χ2v) is 9.94. The molecular weight excluding hydrogens is 450 g/mol. The zero-order chi connectivity index (χ0) is 22.7. The number of nitrogens with zero attached hydrogens (tertiary/aromatic N) is 2. The number of hydrogen-bond donors (Lipinski definition) is 1. The van der Waals surface area contributed by atoms with Gasteiger partial charge in [-0.1, -0.05) is 0 Å². The lowest BCUT2D eigenvalue weighted by molar-refractivity contribution is -0.116. The van der Waals surface area contributed by atoms with Gasteiger partial charge >= 0.3 is 0 Å². The Labute approximate surface area is 189 Å². The molecule has 0 aliphatic carbocycles. The molecule has 0 unspecified atom stereocenters. The van der Waals surface area contributed by atoms with E-state index in [0.717, 1.165) is 10.9 Å². The van der Waals surface area contributed by atoms with Gasteiger partial charge in [-0.25, -0.2) is 13.4 Å². The summed E-state index contributed by atoms with van der Waals surface area (Å²) in [6.45, 7) is 0.0864. The Bertz CT molecular complexity index is 1340. The summed E-state index contributed by atoms with van der Waals surface area (Å²) in [7, 11) is -0.364. The minimum atomic E-state index is -3.50. The molecule has 0 saturated heterocycles. The molecule has 2 heterocycles. The van der Waals surface area contributed by atoms with Crippen LogP contribution in [0, 0.1) is 0 Å². The molecule has 2 aromatic carbocycles. The van der Waals surface area contributed by atoms with E-state index in [1.54, 1.807) is 42.5 Å². The van der Waals surface area contributed by atoms with Crippen LogP contribution in [0.4, 0.5) is 5.69 Å². The highest BCUT2D eigenvalue weighted by atomic mass is 32.2. The lowest BCUT2D eigenvalue weighted by Gasteiger charge is -2.11. The van der Waals surface area contributed by atoms with Gasteiger partial charge in [-0.3, -0.25) is 4.79 Å². The van der Waals surface area contributed by atoms with Crippen LogP contribution in [0.2, 0.25) is 0 Å². The molecule has 10 heteroatoms. The lowest BCUT2D eigenvalue weighted by Crippen LogP contribution is -2.18. The molecular formula is C22H21N3O5S2. The minimum absolute atomic E-state index is 0.0864. The van der Waals surface area contributed by atoms with Crippen molar-refractivity contribution in [3.63, 3.8) is 0 Å². The maximum Gasteiger partial charge on any atom is 0.244 e. The molecule has 0 spiro atoms. The van der Waals surface area contributed by atoms with Crippen molar-refractivity contribution in [1.82, 2.24) is 9.55 Å². The fourth-order valence-corrected chi connectivity index (χ4v) is 5.58. The average Bonchev–Trinajstić information content (AvgIpc) is 3.42. The summed E-state index contributed by atoms with van der Waals surface area (Å²) in [6.07, 6.45) is 3.39. The van der Waals surface area contributed by atoms with E-state index in [1.165, 1.54) is 23.5 Å². The van der Waals surface area contributed by atoms with Crippen LogP contribution in [-0.2, 0) is 26.9 Å². The quantitative estimate of drug-likeness (QED) is 0.420. The Balaban J connectivity index is 1.45. The van der Waals surface area contributed by atoms with E-state index in [4.69, 9.17) is 9.47 Å². The Morgan fingerprint density at radius 1 is 1.09 bits per heavy atom. The summed E-state index contributed by atoms with van der Waals surface area (Å²) in [4.78, 5) is 16.8. The molecule has 0 bridgehead atoms. The maximum absolute atomic E-state index is 12.6. The van der Waals surface area contributed by atoms with Crippen molar-refractivity contribution >= 4 is 43.7 Å². The first-order chi connectivity index (χ1) is 15.4. The van der Waals surface area contributed by atoms with Crippen LogP contribution >= 0.6 is 11.3 Å². The molecule has 32 heavy (non-hydrogen) atoms. The summed E-state index contributed by atoms with van der Waals surface area (Å²) in [5, 5.41) is 6.00.